The van der Waals surface area contributed by atoms with Gasteiger partial charge in [0.25, 0.3) is 0 Å². The van der Waals surface area contributed by atoms with Crippen molar-refractivity contribution < 1.29 is 54.1 Å². The number of esters is 1. The van der Waals surface area contributed by atoms with Crippen molar-refractivity contribution in [2.75, 3.05) is 14.2 Å². The highest BCUT2D eigenvalue weighted by molar-refractivity contribution is 5.93. The Kier molecular flexibility index (Phi) is 7.86. The fraction of sp³-hybridized carbons (Fsp3) is 0.227. The number of hydrogen-bond acceptors (Lipinski definition) is 9. The Labute approximate surface area is 187 Å². The number of phenolic OH excluding ortho intramolecular Hbond substituents is 2. The SMILES string of the molecule is COc1cc(/C=C/C(=O)O[C@H](C(=O)O)[C@](O)(Cc2ccc(O)cc2)C(=O)O)cc(OC)c1O. The molecule has 11 heteroatoms. The number of ether oxygens (including phenoxy) is 3. The first-order chi connectivity index (χ1) is 15.5. The zero-order valence-corrected chi connectivity index (χ0v) is 17.6. The molecule has 0 radical (unpaired) electrons. The molecule has 5 N–H and O–H groups in total. The van der Waals surface area contributed by atoms with Gasteiger partial charge < -0.3 is 39.7 Å². The quantitative estimate of drug-likeness (QED) is 0.253. The average Bonchev–Trinajstić information content (AvgIpc) is 2.77. The molecule has 2 atom stereocenters. The van der Waals surface area contributed by atoms with Gasteiger partial charge in [-0.05, 0) is 41.5 Å². The highest BCUT2D eigenvalue weighted by atomic mass is 16.6. The van der Waals surface area contributed by atoms with Crippen LogP contribution in [0.25, 0.3) is 6.08 Å². The van der Waals surface area contributed by atoms with Gasteiger partial charge in [-0.25, -0.2) is 14.4 Å². The van der Waals surface area contributed by atoms with Crippen LogP contribution in [0.15, 0.2) is 42.5 Å². The molecule has 0 spiro atoms. The summed E-state index contributed by atoms with van der Waals surface area (Å²) in [6.45, 7) is 0. The van der Waals surface area contributed by atoms with Crippen LogP contribution in [0.2, 0.25) is 0 Å². The van der Waals surface area contributed by atoms with Gasteiger partial charge in [-0.2, -0.15) is 0 Å². The molecule has 0 unspecified atom stereocenters. The van der Waals surface area contributed by atoms with Crippen molar-refractivity contribution in [2.45, 2.75) is 18.1 Å². The van der Waals surface area contributed by atoms with Crippen molar-refractivity contribution in [3.8, 4) is 23.0 Å². The molecule has 0 saturated heterocycles. The molecule has 0 aliphatic carbocycles. The fourth-order valence-corrected chi connectivity index (χ4v) is 2.89. The summed E-state index contributed by atoms with van der Waals surface area (Å²) in [6, 6.07) is 7.74. The van der Waals surface area contributed by atoms with Crippen LogP contribution < -0.4 is 9.47 Å². The van der Waals surface area contributed by atoms with E-state index in [2.05, 4.69) is 0 Å². The van der Waals surface area contributed by atoms with Crippen LogP contribution >= 0.6 is 0 Å². The number of carboxylic acid groups (broad SMARTS) is 2. The van der Waals surface area contributed by atoms with Crippen molar-refractivity contribution >= 4 is 24.0 Å². The molecule has 2 aromatic rings. The Morgan fingerprint density at radius 2 is 1.55 bits per heavy atom. The number of aromatic hydroxyl groups is 2. The number of aliphatic carboxylic acids is 2. The van der Waals surface area contributed by atoms with Crippen LogP contribution in [0.4, 0.5) is 0 Å². The molecule has 0 aromatic heterocycles. The van der Waals surface area contributed by atoms with E-state index in [-0.39, 0.29) is 28.6 Å². The van der Waals surface area contributed by atoms with E-state index < -0.39 is 36.0 Å². The first-order valence-electron chi connectivity index (χ1n) is 9.32. The third-order valence-corrected chi connectivity index (χ3v) is 4.59. The van der Waals surface area contributed by atoms with Gasteiger partial charge in [0, 0.05) is 12.5 Å². The Morgan fingerprint density at radius 1 is 1.00 bits per heavy atom. The van der Waals surface area contributed by atoms with E-state index >= 15 is 0 Å². The fourth-order valence-electron chi connectivity index (χ4n) is 2.89. The second-order valence-corrected chi connectivity index (χ2v) is 6.84. The minimum atomic E-state index is -3.00. The van der Waals surface area contributed by atoms with Gasteiger partial charge in [0.1, 0.15) is 5.75 Å². The molecule has 176 valence electrons. The lowest BCUT2D eigenvalue weighted by molar-refractivity contribution is -0.192. The molecular weight excluding hydrogens is 440 g/mol. The van der Waals surface area contributed by atoms with E-state index in [0.717, 1.165) is 6.08 Å². The lowest BCUT2D eigenvalue weighted by Gasteiger charge is -2.29. The molecular formula is C22H22O11. The van der Waals surface area contributed by atoms with Crippen molar-refractivity contribution in [1.29, 1.82) is 0 Å². The van der Waals surface area contributed by atoms with Crippen molar-refractivity contribution in [3.63, 3.8) is 0 Å². The van der Waals surface area contributed by atoms with Crippen LogP contribution in [0.3, 0.4) is 0 Å². The number of carboxylic acids is 2. The second-order valence-electron chi connectivity index (χ2n) is 6.84. The van der Waals surface area contributed by atoms with Crippen LogP contribution in [-0.2, 0) is 25.5 Å². The Morgan fingerprint density at radius 3 is 2.00 bits per heavy atom. The molecule has 0 saturated carbocycles. The summed E-state index contributed by atoms with van der Waals surface area (Å²) in [5.74, 6) is -5.36. The largest absolute Gasteiger partial charge is 0.508 e. The van der Waals surface area contributed by atoms with Gasteiger partial charge in [0.15, 0.2) is 11.5 Å². The number of carbonyl (C=O) groups excluding carboxylic acids is 1. The molecule has 2 aromatic carbocycles. The molecule has 0 heterocycles. The first kappa shape index (κ1) is 25.0. The van der Waals surface area contributed by atoms with Crippen molar-refractivity contribution in [3.05, 3.63) is 53.6 Å². The summed E-state index contributed by atoms with van der Waals surface area (Å²) in [6.07, 6.45) is -1.18. The lowest BCUT2D eigenvalue weighted by atomic mass is 9.88. The number of carbonyl (C=O) groups is 3. The summed E-state index contributed by atoms with van der Waals surface area (Å²) in [5.41, 5.74) is -2.51. The predicted octanol–water partition coefficient (Wildman–Crippen LogP) is 1.18. The van der Waals surface area contributed by atoms with E-state index in [1.165, 1.54) is 56.7 Å². The van der Waals surface area contributed by atoms with Gasteiger partial charge in [0.2, 0.25) is 17.5 Å². The minimum Gasteiger partial charge on any atom is -0.508 e. The van der Waals surface area contributed by atoms with E-state index in [1.807, 2.05) is 0 Å². The summed E-state index contributed by atoms with van der Waals surface area (Å²) in [7, 11) is 2.60. The van der Waals surface area contributed by atoms with Crippen LogP contribution in [-0.4, -0.2) is 69.4 Å². The summed E-state index contributed by atoms with van der Waals surface area (Å²) >= 11 is 0. The number of aliphatic hydroxyl groups is 1. The Hall–Kier alpha value is -4.25. The zero-order valence-electron chi connectivity index (χ0n) is 17.6. The smallest absolute Gasteiger partial charge is 0.348 e. The molecule has 33 heavy (non-hydrogen) atoms. The third-order valence-electron chi connectivity index (χ3n) is 4.59. The summed E-state index contributed by atoms with van der Waals surface area (Å²) in [4.78, 5) is 35.7. The molecule has 2 rings (SSSR count). The van der Waals surface area contributed by atoms with Crippen LogP contribution in [0.5, 0.6) is 23.0 Å². The van der Waals surface area contributed by atoms with E-state index in [4.69, 9.17) is 14.2 Å². The molecule has 0 aliphatic heterocycles. The van der Waals surface area contributed by atoms with Crippen LogP contribution in [0, 0.1) is 0 Å². The maximum Gasteiger partial charge on any atom is 0.348 e. The van der Waals surface area contributed by atoms with Crippen LogP contribution in [0.1, 0.15) is 11.1 Å². The minimum absolute atomic E-state index is 0.0416. The maximum atomic E-state index is 12.3. The third kappa shape index (κ3) is 5.92. The van der Waals surface area contributed by atoms with Gasteiger partial charge in [-0.1, -0.05) is 12.1 Å². The van der Waals surface area contributed by atoms with Gasteiger partial charge in [-0.15, -0.1) is 0 Å². The number of phenols is 2. The number of methoxy groups -OCH3 is 2. The molecule has 0 bridgehead atoms. The topological polar surface area (TPSA) is 180 Å². The first-order valence-corrected chi connectivity index (χ1v) is 9.32. The summed E-state index contributed by atoms with van der Waals surface area (Å²) < 4.78 is 14.8. The monoisotopic (exact) mass is 462 g/mol. The van der Waals surface area contributed by atoms with Crippen molar-refractivity contribution in [1.82, 2.24) is 0 Å². The Balaban J connectivity index is 2.28. The highest BCUT2D eigenvalue weighted by Crippen LogP contribution is 2.37. The van der Waals surface area contributed by atoms with Gasteiger partial charge >= 0.3 is 17.9 Å². The standard InChI is InChI=1S/C22H22O11/c1-31-15-9-13(10-16(32-2)18(15)25)5-8-17(24)33-19(20(26)27)22(30,21(28)29)11-12-3-6-14(23)7-4-12/h3-10,19,23,25,30H,11H2,1-2H3,(H,26,27)(H,28,29)/b8-5+/t19-,22-/m1/s1. The lowest BCUT2D eigenvalue weighted by Crippen LogP contribution is -2.56. The molecule has 11 nitrogen and oxygen atoms in total. The van der Waals surface area contributed by atoms with E-state index in [1.54, 1.807) is 0 Å². The maximum absolute atomic E-state index is 12.3. The summed E-state index contributed by atoms with van der Waals surface area (Å²) in [5, 5.41) is 48.9. The average molecular weight is 462 g/mol. The normalized spacial score (nSPS) is 13.7. The molecule has 0 fully saturated rings. The second kappa shape index (κ2) is 10.4. The number of hydrogen-bond donors (Lipinski definition) is 5. The number of benzene rings is 2. The zero-order chi connectivity index (χ0) is 24.8. The number of rotatable bonds is 10. The Bertz CT molecular complexity index is 1030. The van der Waals surface area contributed by atoms with E-state index in [0.29, 0.717) is 5.56 Å². The highest BCUT2D eigenvalue weighted by Gasteiger charge is 2.51. The van der Waals surface area contributed by atoms with E-state index in [9.17, 15) is 39.9 Å². The van der Waals surface area contributed by atoms with Gasteiger partial charge in [-0.3, -0.25) is 0 Å². The van der Waals surface area contributed by atoms with Crippen molar-refractivity contribution in [2.24, 2.45) is 0 Å². The molecule has 0 amide bonds. The molecule has 0 aliphatic rings. The van der Waals surface area contributed by atoms with Gasteiger partial charge in [0.05, 0.1) is 14.2 Å². The predicted molar refractivity (Wildman–Crippen MR) is 112 cm³/mol.